The Kier molecular flexibility index (Phi) is 17.2. The van der Waals surface area contributed by atoms with Gasteiger partial charge >= 0.3 is 0 Å². The van der Waals surface area contributed by atoms with Crippen molar-refractivity contribution < 1.29 is 57.7 Å². The highest BCUT2D eigenvalue weighted by Crippen LogP contribution is 2.24. The summed E-state index contributed by atoms with van der Waals surface area (Å²) in [6.07, 6.45) is -6.54. The maximum Gasteiger partial charge on any atom is 0.285 e. The molecule has 0 radical (unpaired) electrons. The van der Waals surface area contributed by atoms with Crippen LogP contribution in [0.15, 0.2) is 84.9 Å². The summed E-state index contributed by atoms with van der Waals surface area (Å²) >= 11 is 0. The van der Waals surface area contributed by atoms with Crippen LogP contribution in [0.5, 0.6) is 0 Å². The van der Waals surface area contributed by atoms with E-state index in [1.807, 2.05) is 27.7 Å². The zero-order valence-corrected chi connectivity index (χ0v) is 33.4. The molecule has 1 heterocycles. The molecule has 5 atom stereocenters. The summed E-state index contributed by atoms with van der Waals surface area (Å²) in [4.78, 5) is 118. The first-order valence-corrected chi connectivity index (χ1v) is 19.0. The van der Waals surface area contributed by atoms with Gasteiger partial charge in [-0.15, -0.1) is 5.06 Å². The summed E-state index contributed by atoms with van der Waals surface area (Å²) in [5, 5.41) is 0.530. The normalized spacial score (nSPS) is 14.9. The first kappa shape index (κ1) is 45.6. The predicted molar refractivity (Wildman–Crippen MR) is 208 cm³/mol. The number of nitrogens with one attached hydrogen (secondary N) is 4. The van der Waals surface area contributed by atoms with E-state index in [0.29, 0.717) is 16.2 Å². The summed E-state index contributed by atoms with van der Waals surface area (Å²) in [5.41, 5.74) is 15.6. The standard InChI is InChI=1S/C41H50N6O12/c1-24(2)20-31(37(50)45-58-33(22-27-14-8-6-9-15-27)38(51)43-55-26(5)35(42)48)56-44-36(49)32(21-25(3)4)57-46-39(52)34(23-28-16-10-7-11-17-28)59-47-40(53)29-18-12-13-19-30(29)41(47)54/h6-19,24-26,31-34H,20-23H2,1-5H3,(H2,42,48)(H,43,51)(H,44,49)(H,45,50)(H,46,52)/t26-,31-,32-,33-,34-/m1/s1. The molecule has 0 bridgehead atoms. The zero-order valence-electron chi connectivity index (χ0n) is 33.4. The Morgan fingerprint density at radius 1 is 0.525 bits per heavy atom. The molecule has 3 aromatic carbocycles. The third-order valence-electron chi connectivity index (χ3n) is 8.70. The number of hydrogen-bond acceptors (Lipinski definition) is 12. The Balaban J connectivity index is 1.41. The number of amides is 7. The van der Waals surface area contributed by atoms with E-state index in [9.17, 15) is 33.6 Å². The van der Waals surface area contributed by atoms with Crippen LogP contribution in [0.3, 0.4) is 0 Å². The molecule has 1 aliphatic rings. The van der Waals surface area contributed by atoms with Crippen LogP contribution in [0.2, 0.25) is 0 Å². The number of primary amides is 1. The summed E-state index contributed by atoms with van der Waals surface area (Å²) in [5.74, 6) is -5.99. The molecule has 0 saturated carbocycles. The predicted octanol–water partition coefficient (Wildman–Crippen LogP) is 2.33. The first-order valence-electron chi connectivity index (χ1n) is 19.0. The van der Waals surface area contributed by atoms with Crippen LogP contribution in [0.25, 0.3) is 0 Å². The van der Waals surface area contributed by atoms with Gasteiger partial charge in [-0.3, -0.25) is 52.9 Å². The Bertz CT molecular complexity index is 1890. The van der Waals surface area contributed by atoms with Gasteiger partial charge in [-0.05, 0) is 54.9 Å². The van der Waals surface area contributed by atoms with E-state index in [1.54, 1.807) is 72.8 Å². The summed E-state index contributed by atoms with van der Waals surface area (Å²) in [6.45, 7) is 8.58. The minimum Gasteiger partial charge on any atom is -0.367 e. The van der Waals surface area contributed by atoms with Gasteiger partial charge in [-0.2, -0.15) is 0 Å². The SMILES string of the molecule is CC(C)C[C@@H](ONC(=O)[C@@H](CC(C)C)ONC(=O)[C@@H](Cc1ccccc1)ON1C(=O)c2ccccc2C1=O)C(=O)NO[C@H](Cc1ccccc1)C(=O)NO[C@H](C)C(N)=O. The maximum atomic E-state index is 13.6. The lowest BCUT2D eigenvalue weighted by Gasteiger charge is -2.25. The highest BCUT2D eigenvalue weighted by molar-refractivity contribution is 6.20. The van der Waals surface area contributed by atoms with Crippen molar-refractivity contribution in [3.8, 4) is 0 Å². The molecule has 4 rings (SSSR count). The van der Waals surface area contributed by atoms with Gasteiger partial charge in [0, 0.05) is 12.8 Å². The fraction of sp³-hybridized carbons (Fsp3) is 0.390. The lowest BCUT2D eigenvalue weighted by atomic mass is 10.1. The number of carbonyl (C=O) groups excluding carboxylic acids is 7. The molecule has 3 aromatic rings. The minimum atomic E-state index is -1.45. The number of carbonyl (C=O) groups is 7. The van der Waals surface area contributed by atoms with E-state index in [0.717, 1.165) is 0 Å². The number of hydrogen-bond donors (Lipinski definition) is 5. The van der Waals surface area contributed by atoms with E-state index in [4.69, 9.17) is 29.9 Å². The van der Waals surface area contributed by atoms with Crippen molar-refractivity contribution >= 4 is 41.4 Å². The number of nitrogens with zero attached hydrogens (tertiary/aromatic N) is 1. The van der Waals surface area contributed by atoms with Crippen LogP contribution in [-0.4, -0.2) is 76.9 Å². The molecule has 7 amide bonds. The number of hydroxylamine groups is 6. The van der Waals surface area contributed by atoms with Crippen molar-refractivity contribution in [2.24, 2.45) is 17.6 Å². The quantitative estimate of drug-likeness (QED) is 0.0684. The molecule has 0 saturated heterocycles. The monoisotopic (exact) mass is 818 g/mol. The highest BCUT2D eigenvalue weighted by Gasteiger charge is 2.40. The summed E-state index contributed by atoms with van der Waals surface area (Å²) in [6, 6.07) is 23.6. The third kappa shape index (κ3) is 13.8. The number of rotatable bonds is 23. The molecular formula is C41H50N6O12. The molecule has 59 heavy (non-hydrogen) atoms. The molecular weight excluding hydrogens is 768 g/mol. The largest absolute Gasteiger partial charge is 0.367 e. The highest BCUT2D eigenvalue weighted by atomic mass is 16.7. The maximum absolute atomic E-state index is 13.6. The molecule has 0 aromatic heterocycles. The molecule has 316 valence electrons. The van der Waals surface area contributed by atoms with Crippen LogP contribution in [-0.2, 0) is 61.0 Å². The van der Waals surface area contributed by atoms with Crippen LogP contribution >= 0.6 is 0 Å². The lowest BCUT2D eigenvalue weighted by Crippen LogP contribution is -2.50. The number of fused-ring (bicyclic) bond motifs is 1. The van der Waals surface area contributed by atoms with Crippen LogP contribution in [0.1, 0.15) is 79.3 Å². The number of imide groups is 1. The average molecular weight is 819 g/mol. The van der Waals surface area contributed by atoms with Crippen molar-refractivity contribution in [2.75, 3.05) is 0 Å². The number of nitrogens with two attached hydrogens (primary N) is 1. The Morgan fingerprint density at radius 3 is 1.31 bits per heavy atom. The van der Waals surface area contributed by atoms with Crippen LogP contribution < -0.4 is 27.7 Å². The second-order valence-corrected chi connectivity index (χ2v) is 14.5. The van der Waals surface area contributed by atoms with Gasteiger partial charge in [0.05, 0.1) is 11.1 Å². The molecule has 0 unspecified atom stereocenters. The van der Waals surface area contributed by atoms with E-state index in [1.165, 1.54) is 19.1 Å². The third-order valence-corrected chi connectivity index (χ3v) is 8.70. The van der Waals surface area contributed by atoms with Crippen molar-refractivity contribution in [3.63, 3.8) is 0 Å². The van der Waals surface area contributed by atoms with Crippen LogP contribution in [0, 0.1) is 11.8 Å². The van der Waals surface area contributed by atoms with Gasteiger partial charge in [0.1, 0.15) is 0 Å². The van der Waals surface area contributed by atoms with Crippen molar-refractivity contribution in [1.29, 1.82) is 0 Å². The van der Waals surface area contributed by atoms with Crippen LogP contribution in [0.4, 0.5) is 0 Å². The Morgan fingerprint density at radius 2 is 0.881 bits per heavy atom. The fourth-order valence-corrected chi connectivity index (χ4v) is 5.54. The van der Waals surface area contributed by atoms with Crippen molar-refractivity contribution in [1.82, 2.24) is 27.0 Å². The zero-order chi connectivity index (χ0) is 43.1. The first-order chi connectivity index (χ1) is 28.1. The molecule has 0 aliphatic carbocycles. The van der Waals surface area contributed by atoms with Gasteiger partial charge in [-0.25, -0.2) is 26.8 Å². The van der Waals surface area contributed by atoms with E-state index in [-0.39, 0.29) is 48.6 Å². The smallest absolute Gasteiger partial charge is 0.285 e. The topological polar surface area (TPSA) is 243 Å². The van der Waals surface area contributed by atoms with Gasteiger partial charge in [-0.1, -0.05) is 100 Å². The Labute approximate surface area is 341 Å². The Hall–Kier alpha value is -6.05. The average Bonchev–Trinajstić information content (AvgIpc) is 3.45. The number of benzene rings is 3. The molecule has 18 heteroatoms. The van der Waals surface area contributed by atoms with Crippen molar-refractivity contribution in [3.05, 3.63) is 107 Å². The molecule has 0 fully saturated rings. The molecule has 6 N–H and O–H groups in total. The van der Waals surface area contributed by atoms with Crippen molar-refractivity contribution in [2.45, 2.75) is 90.8 Å². The minimum absolute atomic E-state index is 0.0107. The molecule has 0 spiro atoms. The summed E-state index contributed by atoms with van der Waals surface area (Å²) < 4.78 is 0. The molecule has 1 aliphatic heterocycles. The van der Waals surface area contributed by atoms with Gasteiger partial charge < -0.3 is 5.73 Å². The fourth-order valence-electron chi connectivity index (χ4n) is 5.54. The van der Waals surface area contributed by atoms with E-state index >= 15 is 0 Å². The second kappa shape index (κ2) is 22.2. The summed E-state index contributed by atoms with van der Waals surface area (Å²) in [7, 11) is 0. The van der Waals surface area contributed by atoms with Gasteiger partial charge in [0.15, 0.2) is 30.5 Å². The lowest BCUT2D eigenvalue weighted by molar-refractivity contribution is -0.179. The van der Waals surface area contributed by atoms with Gasteiger partial charge in [0.25, 0.3) is 35.4 Å². The van der Waals surface area contributed by atoms with E-state index in [2.05, 4.69) is 21.9 Å². The van der Waals surface area contributed by atoms with Gasteiger partial charge in [0.2, 0.25) is 5.91 Å². The second-order valence-electron chi connectivity index (χ2n) is 14.5. The van der Waals surface area contributed by atoms with E-state index < -0.39 is 71.9 Å². The molecule has 18 nitrogen and oxygen atoms in total.